The largest absolute Gasteiger partial charge is 0.504 e. The van der Waals surface area contributed by atoms with Crippen molar-refractivity contribution in [1.29, 1.82) is 0 Å². The molecule has 2 aromatic rings. The summed E-state index contributed by atoms with van der Waals surface area (Å²) in [6.07, 6.45) is 1.11. The number of carbonyl (C=O) groups excluding carboxylic acids is 1. The van der Waals surface area contributed by atoms with Gasteiger partial charge in [0.1, 0.15) is 6.04 Å². The van der Waals surface area contributed by atoms with Crippen molar-refractivity contribution in [2.24, 2.45) is 5.10 Å². The number of hydrazone groups is 1. The third-order valence-corrected chi connectivity index (χ3v) is 4.05. The van der Waals surface area contributed by atoms with Gasteiger partial charge in [-0.3, -0.25) is 14.9 Å². The number of nitro groups is 1. The van der Waals surface area contributed by atoms with E-state index in [9.17, 15) is 20.0 Å². The van der Waals surface area contributed by atoms with Gasteiger partial charge in [0.15, 0.2) is 11.5 Å². The average Bonchev–Trinajstić information content (AvgIpc) is 2.64. The van der Waals surface area contributed by atoms with Crippen LogP contribution in [0.5, 0.6) is 11.5 Å². The highest BCUT2D eigenvalue weighted by Gasteiger charge is 2.16. The van der Waals surface area contributed by atoms with Crippen LogP contribution in [0.25, 0.3) is 0 Å². The summed E-state index contributed by atoms with van der Waals surface area (Å²) in [7, 11) is 1.27. The van der Waals surface area contributed by atoms with Crippen molar-refractivity contribution in [2.45, 2.75) is 13.0 Å². The molecule has 142 valence electrons. The Hall–Kier alpha value is -3.14. The molecule has 9 nitrogen and oxygen atoms in total. The number of phenolic OH excluding ortho intramolecular Hbond substituents is 1. The van der Waals surface area contributed by atoms with Gasteiger partial charge in [-0.05, 0) is 31.2 Å². The van der Waals surface area contributed by atoms with E-state index in [4.69, 9.17) is 4.74 Å². The van der Waals surface area contributed by atoms with Crippen LogP contribution < -0.4 is 15.5 Å². The summed E-state index contributed by atoms with van der Waals surface area (Å²) >= 11 is 3.33. The summed E-state index contributed by atoms with van der Waals surface area (Å²) < 4.78 is 5.82. The molecular formula is C17H17BrN4O5. The minimum absolute atomic E-state index is 0.0369. The minimum Gasteiger partial charge on any atom is -0.504 e. The molecule has 1 amide bonds. The number of nitro benzene ring substituents is 1. The van der Waals surface area contributed by atoms with E-state index in [1.54, 1.807) is 6.92 Å². The first kappa shape index (κ1) is 20.2. The Balaban J connectivity index is 2.05. The van der Waals surface area contributed by atoms with E-state index < -0.39 is 16.9 Å². The highest BCUT2D eigenvalue weighted by Crippen LogP contribution is 2.33. The third-order valence-electron chi connectivity index (χ3n) is 3.52. The number of phenols is 1. The molecule has 1 atom stereocenters. The van der Waals surface area contributed by atoms with Gasteiger partial charge in [0.25, 0.3) is 11.6 Å². The van der Waals surface area contributed by atoms with Gasteiger partial charge in [-0.15, -0.1) is 0 Å². The van der Waals surface area contributed by atoms with Crippen LogP contribution in [0.2, 0.25) is 0 Å². The van der Waals surface area contributed by atoms with Crippen molar-refractivity contribution in [2.75, 3.05) is 12.4 Å². The lowest BCUT2D eigenvalue weighted by molar-refractivity contribution is -0.385. The van der Waals surface area contributed by atoms with Gasteiger partial charge in [0.2, 0.25) is 0 Å². The maximum atomic E-state index is 12.1. The average molecular weight is 437 g/mol. The molecule has 0 saturated carbocycles. The van der Waals surface area contributed by atoms with Crippen molar-refractivity contribution in [3.8, 4) is 11.5 Å². The van der Waals surface area contributed by atoms with Crippen molar-refractivity contribution in [3.63, 3.8) is 0 Å². The van der Waals surface area contributed by atoms with Gasteiger partial charge in [0, 0.05) is 21.8 Å². The number of nitrogens with zero attached hydrogens (tertiary/aromatic N) is 2. The maximum Gasteiger partial charge on any atom is 0.274 e. The first-order valence-electron chi connectivity index (χ1n) is 7.72. The number of methoxy groups -OCH3 is 1. The van der Waals surface area contributed by atoms with Gasteiger partial charge in [-0.25, -0.2) is 5.43 Å². The van der Waals surface area contributed by atoms with Crippen molar-refractivity contribution >= 4 is 39.4 Å². The maximum absolute atomic E-state index is 12.1. The molecule has 3 N–H and O–H groups in total. The smallest absolute Gasteiger partial charge is 0.274 e. The number of aromatic hydroxyl groups is 1. The van der Waals surface area contributed by atoms with Crippen LogP contribution in [-0.4, -0.2) is 35.3 Å². The van der Waals surface area contributed by atoms with E-state index in [-0.39, 0.29) is 22.7 Å². The normalized spacial score (nSPS) is 11.8. The molecule has 0 unspecified atom stereocenters. The second-order valence-electron chi connectivity index (χ2n) is 5.45. The van der Waals surface area contributed by atoms with Gasteiger partial charge in [-0.2, -0.15) is 5.10 Å². The van der Waals surface area contributed by atoms with E-state index in [2.05, 4.69) is 31.8 Å². The number of carbonyl (C=O) groups is 1. The van der Waals surface area contributed by atoms with Gasteiger partial charge < -0.3 is 15.2 Å². The number of hydrogen-bond acceptors (Lipinski definition) is 7. The zero-order valence-corrected chi connectivity index (χ0v) is 16.1. The zero-order valence-electron chi connectivity index (χ0n) is 14.5. The lowest BCUT2D eigenvalue weighted by Crippen LogP contribution is -2.34. The predicted molar refractivity (Wildman–Crippen MR) is 104 cm³/mol. The molecule has 10 heteroatoms. The molecule has 0 spiro atoms. The van der Waals surface area contributed by atoms with E-state index in [1.165, 1.54) is 7.11 Å². The number of rotatable bonds is 7. The molecule has 0 heterocycles. The fourth-order valence-corrected chi connectivity index (χ4v) is 2.36. The van der Waals surface area contributed by atoms with E-state index >= 15 is 0 Å². The minimum atomic E-state index is -0.623. The molecule has 0 fully saturated rings. The second-order valence-corrected chi connectivity index (χ2v) is 6.37. The second kappa shape index (κ2) is 8.99. The Morgan fingerprint density at radius 3 is 2.63 bits per heavy atom. The molecule has 0 aliphatic rings. The number of non-ortho nitro benzene ring substituents is 1. The standard InChI is InChI=1S/C17H17BrN4O5/c1-10(20-13-5-3-12(18)4-6-13)17(24)21-19-9-11-7-14(22(25)26)8-15(27-2)16(11)23/h3-10,20,23H,1-2H3,(H,21,24)/b19-9-/t10-/m0/s1. The fraction of sp³-hybridized carbons (Fsp3) is 0.176. The SMILES string of the molecule is COc1cc([N+](=O)[O-])cc(/C=N\NC(=O)[C@H](C)Nc2ccc(Br)cc2)c1O. The van der Waals surface area contributed by atoms with E-state index in [1.807, 2.05) is 24.3 Å². The van der Waals surface area contributed by atoms with Crippen LogP contribution in [-0.2, 0) is 4.79 Å². The number of anilines is 1. The molecular weight excluding hydrogens is 420 g/mol. The summed E-state index contributed by atoms with van der Waals surface area (Å²) in [6.45, 7) is 1.65. The molecule has 27 heavy (non-hydrogen) atoms. The van der Waals surface area contributed by atoms with Crippen LogP contribution in [0, 0.1) is 10.1 Å². The Morgan fingerprint density at radius 2 is 2.04 bits per heavy atom. The highest BCUT2D eigenvalue weighted by molar-refractivity contribution is 9.10. The van der Waals surface area contributed by atoms with Crippen LogP contribution >= 0.6 is 15.9 Å². The summed E-state index contributed by atoms with van der Waals surface area (Å²) in [5.41, 5.74) is 2.83. The molecule has 0 aliphatic heterocycles. The summed E-state index contributed by atoms with van der Waals surface area (Å²) in [6, 6.07) is 8.92. The summed E-state index contributed by atoms with van der Waals surface area (Å²) in [4.78, 5) is 22.4. The Bertz CT molecular complexity index is 870. The third kappa shape index (κ3) is 5.42. The number of halogens is 1. The molecule has 0 saturated heterocycles. The molecule has 0 aromatic heterocycles. The summed E-state index contributed by atoms with van der Waals surface area (Å²) in [5.74, 6) is -0.810. The molecule has 2 rings (SSSR count). The number of ether oxygens (including phenoxy) is 1. The first-order chi connectivity index (χ1) is 12.8. The van der Waals surface area contributed by atoms with E-state index in [0.717, 1.165) is 28.5 Å². The number of nitrogens with one attached hydrogen (secondary N) is 2. The quantitative estimate of drug-likeness (QED) is 0.347. The molecule has 2 aromatic carbocycles. The number of benzene rings is 2. The van der Waals surface area contributed by atoms with Crippen molar-refractivity contribution in [3.05, 3.63) is 56.5 Å². The Labute approximate surface area is 163 Å². The topological polar surface area (TPSA) is 126 Å². The van der Waals surface area contributed by atoms with E-state index in [0.29, 0.717) is 0 Å². The lowest BCUT2D eigenvalue weighted by atomic mass is 10.2. The Kier molecular flexibility index (Phi) is 6.72. The van der Waals surface area contributed by atoms with Crippen LogP contribution in [0.15, 0.2) is 46.0 Å². The monoisotopic (exact) mass is 436 g/mol. The summed E-state index contributed by atoms with van der Waals surface area (Å²) in [5, 5.41) is 27.7. The molecule has 0 aliphatic carbocycles. The zero-order chi connectivity index (χ0) is 20.0. The van der Waals surface area contributed by atoms with Gasteiger partial charge in [-0.1, -0.05) is 15.9 Å². The lowest BCUT2D eigenvalue weighted by Gasteiger charge is -2.13. The van der Waals surface area contributed by atoms with Gasteiger partial charge >= 0.3 is 0 Å². The number of hydrogen-bond donors (Lipinski definition) is 3. The van der Waals surface area contributed by atoms with Crippen molar-refractivity contribution < 1.29 is 19.6 Å². The predicted octanol–water partition coefficient (Wildman–Crippen LogP) is 3.02. The molecule has 0 radical (unpaired) electrons. The van der Waals surface area contributed by atoms with Gasteiger partial charge in [0.05, 0.1) is 24.3 Å². The molecule has 0 bridgehead atoms. The van der Waals surface area contributed by atoms with Crippen molar-refractivity contribution in [1.82, 2.24) is 5.43 Å². The number of amides is 1. The first-order valence-corrected chi connectivity index (χ1v) is 8.51. The Morgan fingerprint density at radius 1 is 1.37 bits per heavy atom. The highest BCUT2D eigenvalue weighted by atomic mass is 79.9. The van der Waals surface area contributed by atoms with Crippen LogP contribution in [0.4, 0.5) is 11.4 Å². The van der Waals surface area contributed by atoms with Crippen LogP contribution in [0.3, 0.4) is 0 Å². The van der Waals surface area contributed by atoms with Crippen LogP contribution in [0.1, 0.15) is 12.5 Å². The fourth-order valence-electron chi connectivity index (χ4n) is 2.10.